The first-order valence-corrected chi connectivity index (χ1v) is 14.5. The van der Waals surface area contributed by atoms with Gasteiger partial charge in [-0.2, -0.15) is 0 Å². The molecule has 1 fully saturated rings. The number of hydrogen-bond acceptors (Lipinski definition) is 6. The number of nitrogens with zero attached hydrogens (tertiary/aromatic N) is 3. The lowest BCUT2D eigenvalue weighted by Gasteiger charge is -2.35. The quantitative estimate of drug-likeness (QED) is 0.214. The van der Waals surface area contributed by atoms with Crippen LogP contribution in [0.4, 0.5) is 10.1 Å². The molecule has 0 radical (unpaired) electrons. The van der Waals surface area contributed by atoms with Crippen LogP contribution in [0.25, 0.3) is 10.8 Å². The summed E-state index contributed by atoms with van der Waals surface area (Å²) in [4.78, 5) is 4.90. The molecule has 0 amide bonds. The maximum Gasteiger partial charge on any atom is 0.199 e. The van der Waals surface area contributed by atoms with Gasteiger partial charge < -0.3 is 34.3 Å². The third-order valence-electron chi connectivity index (χ3n) is 8.20. The van der Waals surface area contributed by atoms with Gasteiger partial charge in [0.25, 0.3) is 0 Å². The first-order valence-electron chi connectivity index (χ1n) is 14.5. The van der Waals surface area contributed by atoms with E-state index in [2.05, 4.69) is 34.3 Å². The molecule has 41 heavy (non-hydrogen) atoms. The van der Waals surface area contributed by atoms with Crippen molar-refractivity contribution in [2.24, 2.45) is 0 Å². The summed E-state index contributed by atoms with van der Waals surface area (Å²) >= 11 is 0. The van der Waals surface area contributed by atoms with Crippen LogP contribution in [-0.2, 0) is 6.54 Å². The Morgan fingerprint density at radius 1 is 0.927 bits per heavy atom. The fourth-order valence-corrected chi connectivity index (χ4v) is 5.82. The molecule has 3 aromatic carbocycles. The molecular weight excluding hydrogens is 519 g/mol. The molecule has 1 aliphatic rings. The molecule has 1 atom stereocenters. The second-order valence-electron chi connectivity index (χ2n) is 10.6. The molecule has 5 rings (SSSR count). The Bertz CT molecular complexity index is 1430. The minimum absolute atomic E-state index is 0.111. The summed E-state index contributed by atoms with van der Waals surface area (Å²) in [7, 11) is 3.27. The SMILES string of the molecule is CCN1CCN(c2cccc3c(O)n([C@H](CCCNCc4ccc(F)cc4)c4ccc(OC)c(OC)c4)cc23)CC1. The summed E-state index contributed by atoms with van der Waals surface area (Å²) in [5.74, 6) is 1.38. The van der Waals surface area contributed by atoms with Gasteiger partial charge in [-0.15, -0.1) is 0 Å². The molecule has 1 aromatic heterocycles. The van der Waals surface area contributed by atoms with Crippen LogP contribution >= 0.6 is 0 Å². The number of likely N-dealkylation sites (N-methyl/N-ethyl adjacent to an activating group) is 1. The van der Waals surface area contributed by atoms with E-state index in [1.807, 2.05) is 34.9 Å². The Kier molecular flexibility index (Phi) is 9.31. The molecular formula is C33H41FN4O3. The monoisotopic (exact) mass is 560 g/mol. The molecule has 218 valence electrons. The topological polar surface area (TPSA) is 62.1 Å². The van der Waals surface area contributed by atoms with Crippen molar-refractivity contribution in [2.45, 2.75) is 32.4 Å². The number of methoxy groups -OCH3 is 2. The fraction of sp³-hybridized carbons (Fsp3) is 0.394. The van der Waals surface area contributed by atoms with Gasteiger partial charge in [0.15, 0.2) is 17.4 Å². The smallest absolute Gasteiger partial charge is 0.199 e. The summed E-state index contributed by atoms with van der Waals surface area (Å²) in [6.45, 7) is 8.76. The molecule has 7 nitrogen and oxygen atoms in total. The molecule has 2 N–H and O–H groups in total. The van der Waals surface area contributed by atoms with Gasteiger partial charge in [0.05, 0.1) is 20.3 Å². The third-order valence-corrected chi connectivity index (χ3v) is 8.20. The Morgan fingerprint density at radius 2 is 1.68 bits per heavy atom. The van der Waals surface area contributed by atoms with Crippen LogP contribution in [0.5, 0.6) is 17.4 Å². The van der Waals surface area contributed by atoms with Crippen LogP contribution < -0.4 is 19.7 Å². The zero-order chi connectivity index (χ0) is 28.8. The molecule has 1 aliphatic heterocycles. The van der Waals surface area contributed by atoms with Gasteiger partial charge in [-0.25, -0.2) is 4.39 Å². The first kappa shape index (κ1) is 28.8. The number of benzene rings is 3. The number of fused-ring (bicyclic) bond motifs is 1. The number of nitrogens with one attached hydrogen (secondary N) is 1. The molecule has 8 heteroatoms. The highest BCUT2D eigenvalue weighted by molar-refractivity contribution is 5.98. The van der Waals surface area contributed by atoms with E-state index in [0.717, 1.165) is 74.0 Å². The minimum Gasteiger partial charge on any atom is -0.494 e. The van der Waals surface area contributed by atoms with E-state index in [1.54, 1.807) is 26.4 Å². The standard InChI is InChI=1S/C33H41FN4O3/c1-4-36-17-19-37(20-18-36)30-8-5-7-27-28(30)23-38(33(27)39)29(25-12-15-31(40-2)32(21-25)41-3)9-6-16-35-22-24-10-13-26(34)14-11-24/h5,7-8,10-15,21,23,29,35,39H,4,6,9,16-20,22H2,1-3H3/t29-/m1/s1. The lowest BCUT2D eigenvalue weighted by molar-refractivity contribution is 0.271. The van der Waals surface area contributed by atoms with Crippen LogP contribution in [0.1, 0.15) is 36.9 Å². The maximum absolute atomic E-state index is 13.2. The van der Waals surface area contributed by atoms with Crippen molar-refractivity contribution in [1.82, 2.24) is 14.8 Å². The minimum atomic E-state index is -0.225. The highest BCUT2D eigenvalue weighted by atomic mass is 19.1. The van der Waals surface area contributed by atoms with Crippen molar-refractivity contribution in [3.63, 3.8) is 0 Å². The zero-order valence-electron chi connectivity index (χ0n) is 24.3. The number of aromatic nitrogens is 1. The number of ether oxygens (including phenoxy) is 2. The van der Waals surface area contributed by atoms with E-state index in [1.165, 1.54) is 17.8 Å². The fourth-order valence-electron chi connectivity index (χ4n) is 5.82. The van der Waals surface area contributed by atoms with Crippen molar-refractivity contribution in [2.75, 3.05) is 58.4 Å². The van der Waals surface area contributed by atoms with Crippen LogP contribution in [0.3, 0.4) is 0 Å². The number of piperazine rings is 1. The van der Waals surface area contributed by atoms with Gasteiger partial charge >= 0.3 is 0 Å². The van der Waals surface area contributed by atoms with Crippen molar-refractivity contribution in [3.8, 4) is 17.4 Å². The van der Waals surface area contributed by atoms with Gasteiger partial charge in [0.2, 0.25) is 0 Å². The molecule has 0 aliphatic carbocycles. The van der Waals surface area contributed by atoms with E-state index in [9.17, 15) is 9.50 Å². The third kappa shape index (κ3) is 6.44. The summed E-state index contributed by atoms with van der Waals surface area (Å²) in [6, 6.07) is 18.7. The van der Waals surface area contributed by atoms with Crippen LogP contribution in [0.15, 0.2) is 66.9 Å². The number of halogens is 1. The molecule has 0 spiro atoms. The van der Waals surface area contributed by atoms with Crippen LogP contribution in [0, 0.1) is 5.82 Å². The lowest BCUT2D eigenvalue weighted by Crippen LogP contribution is -2.46. The van der Waals surface area contributed by atoms with E-state index in [0.29, 0.717) is 18.0 Å². The lowest BCUT2D eigenvalue weighted by atomic mass is 10.0. The second kappa shape index (κ2) is 13.3. The summed E-state index contributed by atoms with van der Waals surface area (Å²) in [5, 5.41) is 17.0. The molecule has 2 heterocycles. The van der Waals surface area contributed by atoms with Crippen LogP contribution in [0.2, 0.25) is 0 Å². The number of rotatable bonds is 12. The van der Waals surface area contributed by atoms with Gasteiger partial charge in [-0.05, 0) is 73.5 Å². The Morgan fingerprint density at radius 3 is 2.39 bits per heavy atom. The average Bonchev–Trinajstić information content (AvgIpc) is 3.35. The van der Waals surface area contributed by atoms with Crippen molar-refractivity contribution in [1.29, 1.82) is 0 Å². The van der Waals surface area contributed by atoms with Gasteiger partial charge in [0, 0.05) is 55.4 Å². The van der Waals surface area contributed by atoms with E-state index in [-0.39, 0.29) is 17.7 Å². The Hall–Kier alpha value is -3.75. The predicted octanol–water partition coefficient (Wildman–Crippen LogP) is 5.80. The molecule has 0 bridgehead atoms. The van der Waals surface area contributed by atoms with Gasteiger partial charge in [-0.1, -0.05) is 31.2 Å². The normalized spacial score (nSPS) is 14.9. The zero-order valence-corrected chi connectivity index (χ0v) is 24.3. The summed E-state index contributed by atoms with van der Waals surface area (Å²) in [5.41, 5.74) is 3.25. The number of anilines is 1. The van der Waals surface area contributed by atoms with Crippen LogP contribution in [-0.4, -0.2) is 68.1 Å². The molecule has 1 saturated heterocycles. The largest absolute Gasteiger partial charge is 0.494 e. The molecule has 0 unspecified atom stereocenters. The predicted molar refractivity (Wildman–Crippen MR) is 163 cm³/mol. The summed E-state index contributed by atoms with van der Waals surface area (Å²) < 4.78 is 26.4. The highest BCUT2D eigenvalue weighted by Crippen LogP contribution is 2.40. The van der Waals surface area contributed by atoms with E-state index < -0.39 is 0 Å². The first-order chi connectivity index (χ1) is 20.0. The molecule has 0 saturated carbocycles. The van der Waals surface area contributed by atoms with E-state index >= 15 is 0 Å². The van der Waals surface area contributed by atoms with Crippen molar-refractivity contribution < 1.29 is 19.0 Å². The number of aromatic hydroxyl groups is 1. The Labute approximate surface area is 242 Å². The maximum atomic E-state index is 13.2. The second-order valence-corrected chi connectivity index (χ2v) is 10.6. The number of hydrogen-bond donors (Lipinski definition) is 2. The Balaban J connectivity index is 1.41. The molecule has 4 aromatic rings. The van der Waals surface area contributed by atoms with E-state index in [4.69, 9.17) is 9.47 Å². The van der Waals surface area contributed by atoms with Gasteiger partial charge in [0.1, 0.15) is 5.82 Å². The van der Waals surface area contributed by atoms with Crippen molar-refractivity contribution in [3.05, 3.63) is 83.8 Å². The average molecular weight is 561 g/mol. The summed E-state index contributed by atoms with van der Waals surface area (Å²) in [6.07, 6.45) is 3.78. The van der Waals surface area contributed by atoms with Crippen molar-refractivity contribution >= 4 is 16.5 Å². The highest BCUT2D eigenvalue weighted by Gasteiger charge is 2.24. The van der Waals surface area contributed by atoms with Gasteiger partial charge in [-0.3, -0.25) is 0 Å².